The highest BCUT2D eigenvalue weighted by atomic mass is 35.5. The zero-order valence-electron chi connectivity index (χ0n) is 14.3. The molecule has 1 amide bonds. The highest BCUT2D eigenvalue weighted by Crippen LogP contribution is 2.40. The summed E-state index contributed by atoms with van der Waals surface area (Å²) in [5.41, 5.74) is 0.695. The molecule has 0 radical (unpaired) electrons. The number of nitrogens with zero attached hydrogens (tertiary/aromatic N) is 4. The third-order valence-corrected chi connectivity index (χ3v) is 5.50. The molecular weight excluding hydrogens is 356 g/mol. The van der Waals surface area contributed by atoms with Crippen molar-refractivity contribution >= 4 is 23.5 Å². The van der Waals surface area contributed by atoms with Crippen LogP contribution in [-0.4, -0.2) is 49.2 Å². The van der Waals surface area contributed by atoms with Gasteiger partial charge in [-0.1, -0.05) is 23.7 Å². The third-order valence-electron chi connectivity index (χ3n) is 5.18. The Hall–Kier alpha value is -2.41. The molecule has 2 fully saturated rings. The Morgan fingerprint density at radius 3 is 2.58 bits per heavy atom. The minimum Gasteiger partial charge on any atom is -0.481 e. The first-order valence-corrected chi connectivity index (χ1v) is 9.10. The summed E-state index contributed by atoms with van der Waals surface area (Å²) in [6.45, 7) is 2.16. The van der Waals surface area contributed by atoms with E-state index in [-0.39, 0.29) is 23.7 Å². The molecule has 2 atom stereocenters. The fourth-order valence-electron chi connectivity index (χ4n) is 3.51. The molecule has 2 aliphatic rings. The van der Waals surface area contributed by atoms with Crippen LogP contribution >= 0.6 is 11.6 Å². The first-order chi connectivity index (χ1) is 12.5. The molecule has 1 N–H and O–H groups in total. The van der Waals surface area contributed by atoms with Gasteiger partial charge in [-0.15, -0.1) is 5.10 Å². The standard InChI is InChI=1S/C18H19ClN4O3/c1-10-12(18(25)26)8-9-22(10)17(24)15-20-16(11-6-7-11)23(21-15)14-5-3-2-4-13(14)19/h2-5,10-12H,6-9H2,1H3,(H,25,26). The van der Waals surface area contributed by atoms with E-state index in [9.17, 15) is 14.7 Å². The fourth-order valence-corrected chi connectivity index (χ4v) is 3.72. The number of aliphatic carboxylic acids is 1. The van der Waals surface area contributed by atoms with Gasteiger partial charge >= 0.3 is 5.97 Å². The Balaban J connectivity index is 1.68. The van der Waals surface area contributed by atoms with Crippen LogP contribution in [0.5, 0.6) is 0 Å². The Morgan fingerprint density at radius 2 is 1.96 bits per heavy atom. The van der Waals surface area contributed by atoms with E-state index in [0.29, 0.717) is 23.7 Å². The molecule has 1 aromatic heterocycles. The molecule has 1 aromatic carbocycles. The number of carboxylic acids is 1. The van der Waals surface area contributed by atoms with E-state index in [1.54, 1.807) is 22.6 Å². The van der Waals surface area contributed by atoms with Crippen LogP contribution in [0.3, 0.4) is 0 Å². The predicted octanol–water partition coefficient (Wildman–Crippen LogP) is 2.73. The van der Waals surface area contributed by atoms with Gasteiger partial charge in [0.05, 0.1) is 16.6 Å². The second kappa shape index (κ2) is 6.39. The largest absolute Gasteiger partial charge is 0.481 e. The lowest BCUT2D eigenvalue weighted by atomic mass is 10.0. The maximum absolute atomic E-state index is 12.9. The van der Waals surface area contributed by atoms with Gasteiger partial charge < -0.3 is 10.0 Å². The smallest absolute Gasteiger partial charge is 0.308 e. The summed E-state index contributed by atoms with van der Waals surface area (Å²) in [6.07, 6.45) is 2.47. The number of carbonyl (C=O) groups excluding carboxylic acids is 1. The zero-order valence-corrected chi connectivity index (χ0v) is 15.1. The second-order valence-electron chi connectivity index (χ2n) is 6.90. The number of hydrogen-bond donors (Lipinski definition) is 1. The second-order valence-corrected chi connectivity index (χ2v) is 7.31. The molecular formula is C18H19ClN4O3. The summed E-state index contributed by atoms with van der Waals surface area (Å²) in [5.74, 6) is -0.627. The van der Waals surface area contributed by atoms with Crippen LogP contribution in [-0.2, 0) is 4.79 Å². The normalized spacial score (nSPS) is 22.6. The number of benzene rings is 1. The molecule has 136 valence electrons. The number of halogens is 1. The average molecular weight is 375 g/mol. The van der Waals surface area contributed by atoms with Crippen molar-refractivity contribution in [2.75, 3.05) is 6.54 Å². The summed E-state index contributed by atoms with van der Waals surface area (Å²) in [6, 6.07) is 6.94. The molecule has 0 bridgehead atoms. The van der Waals surface area contributed by atoms with Crippen molar-refractivity contribution in [2.45, 2.75) is 38.1 Å². The van der Waals surface area contributed by atoms with E-state index in [1.165, 1.54) is 0 Å². The summed E-state index contributed by atoms with van der Waals surface area (Å²) >= 11 is 6.30. The Bertz CT molecular complexity index is 877. The average Bonchev–Trinajstić information content (AvgIpc) is 3.24. The quantitative estimate of drug-likeness (QED) is 0.888. The van der Waals surface area contributed by atoms with Gasteiger partial charge in [-0.25, -0.2) is 9.67 Å². The highest BCUT2D eigenvalue weighted by Gasteiger charge is 2.40. The van der Waals surface area contributed by atoms with E-state index in [0.717, 1.165) is 18.7 Å². The first kappa shape index (κ1) is 17.0. The minimum atomic E-state index is -0.874. The molecule has 2 heterocycles. The number of amides is 1. The first-order valence-electron chi connectivity index (χ1n) is 8.73. The van der Waals surface area contributed by atoms with Crippen molar-refractivity contribution in [1.29, 1.82) is 0 Å². The molecule has 7 nitrogen and oxygen atoms in total. The van der Waals surface area contributed by atoms with Gasteiger partial charge in [0.2, 0.25) is 5.82 Å². The van der Waals surface area contributed by atoms with Gasteiger partial charge in [-0.05, 0) is 38.3 Å². The molecule has 1 saturated heterocycles. The molecule has 2 unspecified atom stereocenters. The van der Waals surface area contributed by atoms with Crippen molar-refractivity contribution in [3.8, 4) is 5.69 Å². The summed E-state index contributed by atoms with van der Waals surface area (Å²) in [5, 5.41) is 14.2. The van der Waals surface area contributed by atoms with Gasteiger partial charge in [0, 0.05) is 18.5 Å². The van der Waals surface area contributed by atoms with Crippen LogP contribution in [0.2, 0.25) is 5.02 Å². The van der Waals surface area contributed by atoms with Gasteiger partial charge in [-0.3, -0.25) is 9.59 Å². The monoisotopic (exact) mass is 374 g/mol. The van der Waals surface area contributed by atoms with E-state index < -0.39 is 11.9 Å². The molecule has 4 rings (SSSR count). The molecule has 26 heavy (non-hydrogen) atoms. The number of carboxylic acid groups (broad SMARTS) is 1. The van der Waals surface area contributed by atoms with Crippen molar-refractivity contribution < 1.29 is 14.7 Å². The molecule has 2 aromatic rings. The van der Waals surface area contributed by atoms with Crippen molar-refractivity contribution in [3.63, 3.8) is 0 Å². The maximum Gasteiger partial charge on any atom is 0.308 e. The van der Waals surface area contributed by atoms with E-state index in [2.05, 4.69) is 10.1 Å². The van der Waals surface area contributed by atoms with Gasteiger partial charge in [0.25, 0.3) is 5.91 Å². The number of hydrogen-bond acceptors (Lipinski definition) is 4. The van der Waals surface area contributed by atoms with Gasteiger partial charge in [0.15, 0.2) is 0 Å². The number of rotatable bonds is 4. The minimum absolute atomic E-state index is 0.102. The lowest BCUT2D eigenvalue weighted by Gasteiger charge is -2.21. The Labute approximate surface area is 155 Å². The molecule has 0 spiro atoms. The number of carbonyl (C=O) groups is 2. The van der Waals surface area contributed by atoms with Gasteiger partial charge in [-0.2, -0.15) is 0 Å². The fraction of sp³-hybridized carbons (Fsp3) is 0.444. The number of likely N-dealkylation sites (tertiary alicyclic amines) is 1. The molecule has 1 aliphatic carbocycles. The third kappa shape index (κ3) is 2.86. The highest BCUT2D eigenvalue weighted by molar-refractivity contribution is 6.32. The topological polar surface area (TPSA) is 88.3 Å². The SMILES string of the molecule is CC1C(C(=O)O)CCN1C(=O)c1nc(C2CC2)n(-c2ccccc2Cl)n1. The summed E-state index contributed by atoms with van der Waals surface area (Å²) < 4.78 is 1.66. The predicted molar refractivity (Wildman–Crippen MR) is 94.6 cm³/mol. The maximum atomic E-state index is 12.9. The molecule has 1 aliphatic heterocycles. The van der Waals surface area contributed by atoms with Crippen LogP contribution in [0.25, 0.3) is 5.69 Å². The molecule has 8 heteroatoms. The van der Waals surface area contributed by atoms with Crippen LogP contribution in [0.4, 0.5) is 0 Å². The Kier molecular flexibility index (Phi) is 4.19. The van der Waals surface area contributed by atoms with E-state index >= 15 is 0 Å². The van der Waals surface area contributed by atoms with Crippen LogP contribution < -0.4 is 0 Å². The lowest BCUT2D eigenvalue weighted by molar-refractivity contribution is -0.142. The van der Waals surface area contributed by atoms with Crippen LogP contribution in [0.1, 0.15) is 48.5 Å². The Morgan fingerprint density at radius 1 is 1.23 bits per heavy atom. The van der Waals surface area contributed by atoms with E-state index in [4.69, 9.17) is 11.6 Å². The molecule has 1 saturated carbocycles. The summed E-state index contributed by atoms with van der Waals surface area (Å²) in [7, 11) is 0. The van der Waals surface area contributed by atoms with Crippen molar-refractivity contribution in [3.05, 3.63) is 40.9 Å². The van der Waals surface area contributed by atoms with Crippen molar-refractivity contribution in [2.24, 2.45) is 5.92 Å². The zero-order chi connectivity index (χ0) is 18.4. The summed E-state index contributed by atoms with van der Waals surface area (Å²) in [4.78, 5) is 30.3. The lowest BCUT2D eigenvalue weighted by Crippen LogP contribution is -2.38. The van der Waals surface area contributed by atoms with Crippen LogP contribution in [0, 0.1) is 5.92 Å². The number of para-hydroxylation sites is 1. The van der Waals surface area contributed by atoms with Crippen LogP contribution in [0.15, 0.2) is 24.3 Å². The van der Waals surface area contributed by atoms with E-state index in [1.807, 2.05) is 18.2 Å². The van der Waals surface area contributed by atoms with Crippen molar-refractivity contribution in [1.82, 2.24) is 19.7 Å². The van der Waals surface area contributed by atoms with Gasteiger partial charge in [0.1, 0.15) is 5.82 Å². The number of aromatic nitrogens is 3.